The molecular weight excluding hydrogens is 356 g/mol. The van der Waals surface area contributed by atoms with Gasteiger partial charge in [-0.25, -0.2) is 0 Å². The Bertz CT molecular complexity index is 795. The summed E-state index contributed by atoms with van der Waals surface area (Å²) in [6.07, 6.45) is 1.97. The van der Waals surface area contributed by atoms with Gasteiger partial charge in [-0.1, -0.05) is 37.3 Å². The Kier molecular flexibility index (Phi) is 6.73. The first-order valence-corrected chi connectivity index (χ1v) is 9.51. The Morgan fingerprint density at radius 3 is 2.71 bits per heavy atom. The monoisotopic (exact) mass is 382 g/mol. The normalized spacial score (nSPS) is 18.4. The molecule has 3 N–H and O–H groups in total. The van der Waals surface area contributed by atoms with Gasteiger partial charge in [0.2, 0.25) is 5.91 Å². The van der Waals surface area contributed by atoms with Crippen molar-refractivity contribution in [1.29, 1.82) is 0 Å². The van der Waals surface area contributed by atoms with Crippen molar-refractivity contribution in [3.63, 3.8) is 0 Å². The summed E-state index contributed by atoms with van der Waals surface area (Å²) in [5.74, 6) is -0.855. The number of hydrogen-bond acceptors (Lipinski definition) is 5. The summed E-state index contributed by atoms with van der Waals surface area (Å²) < 4.78 is 5.95. The van der Waals surface area contributed by atoms with E-state index in [2.05, 4.69) is 27.3 Å². The summed E-state index contributed by atoms with van der Waals surface area (Å²) in [7, 11) is 0. The second kappa shape index (κ2) is 9.43. The van der Waals surface area contributed by atoms with Crippen LogP contribution in [0.5, 0.6) is 0 Å². The molecule has 0 unspecified atom stereocenters. The Balaban J connectivity index is 1.60. The molecule has 2 aromatic rings. The average molecular weight is 382 g/mol. The van der Waals surface area contributed by atoms with E-state index in [4.69, 9.17) is 10.5 Å². The zero-order chi connectivity index (χ0) is 19.9. The molecule has 1 saturated heterocycles. The number of nitrogens with two attached hydrogens (primary N) is 1. The maximum atomic E-state index is 12.6. The maximum Gasteiger partial charge on any atom is 0.270 e. The average Bonchev–Trinajstić information content (AvgIpc) is 2.73. The molecule has 1 fully saturated rings. The number of benzene rings is 1. The topological polar surface area (TPSA) is 97.5 Å². The van der Waals surface area contributed by atoms with Gasteiger partial charge in [0, 0.05) is 25.8 Å². The third-order valence-electron chi connectivity index (χ3n) is 4.91. The lowest BCUT2D eigenvalue weighted by Crippen LogP contribution is -2.53. The lowest BCUT2D eigenvalue weighted by atomic mass is 10.1. The van der Waals surface area contributed by atoms with Gasteiger partial charge in [0.15, 0.2) is 0 Å². The third kappa shape index (κ3) is 5.15. The highest BCUT2D eigenvalue weighted by molar-refractivity contribution is 5.95. The quantitative estimate of drug-likeness (QED) is 0.758. The molecule has 7 nitrogen and oxygen atoms in total. The Labute approximate surface area is 164 Å². The van der Waals surface area contributed by atoms with E-state index in [-0.39, 0.29) is 29.3 Å². The van der Waals surface area contributed by atoms with Crippen LogP contribution in [-0.4, -0.2) is 53.5 Å². The van der Waals surface area contributed by atoms with E-state index < -0.39 is 5.91 Å². The van der Waals surface area contributed by atoms with E-state index in [9.17, 15) is 9.59 Å². The number of nitrogens with zero attached hydrogens (tertiary/aromatic N) is 2. The van der Waals surface area contributed by atoms with Gasteiger partial charge in [0.05, 0.1) is 24.3 Å². The van der Waals surface area contributed by atoms with Crippen molar-refractivity contribution >= 4 is 11.8 Å². The molecule has 0 bridgehead atoms. The number of carbonyl (C=O) groups is 2. The largest absolute Gasteiger partial charge is 0.373 e. The summed E-state index contributed by atoms with van der Waals surface area (Å²) in [6.45, 7) is 5.14. The summed E-state index contributed by atoms with van der Waals surface area (Å²) in [5.41, 5.74) is 6.99. The molecule has 1 aromatic carbocycles. The van der Waals surface area contributed by atoms with Crippen molar-refractivity contribution in [3.05, 3.63) is 65.5 Å². The number of rotatable bonds is 7. The number of ether oxygens (including phenoxy) is 1. The highest BCUT2D eigenvalue weighted by Gasteiger charge is 2.28. The zero-order valence-corrected chi connectivity index (χ0v) is 16.0. The fraction of sp³-hybridized carbons (Fsp3) is 0.381. The Hall–Kier alpha value is -2.77. The first-order valence-electron chi connectivity index (χ1n) is 9.51. The Morgan fingerprint density at radius 1 is 1.29 bits per heavy atom. The summed E-state index contributed by atoms with van der Waals surface area (Å²) >= 11 is 0. The van der Waals surface area contributed by atoms with Crippen LogP contribution in [0.4, 0.5) is 0 Å². The van der Waals surface area contributed by atoms with Crippen molar-refractivity contribution in [2.24, 2.45) is 5.73 Å². The van der Waals surface area contributed by atoms with Gasteiger partial charge in [-0.15, -0.1) is 0 Å². The van der Waals surface area contributed by atoms with Crippen molar-refractivity contribution in [3.8, 4) is 0 Å². The van der Waals surface area contributed by atoms with E-state index in [1.165, 1.54) is 23.9 Å². The minimum absolute atomic E-state index is 0.0868. The molecule has 2 heterocycles. The van der Waals surface area contributed by atoms with E-state index >= 15 is 0 Å². The van der Waals surface area contributed by atoms with Crippen LogP contribution in [0.2, 0.25) is 0 Å². The van der Waals surface area contributed by atoms with Crippen molar-refractivity contribution in [1.82, 2.24) is 15.2 Å². The van der Waals surface area contributed by atoms with E-state index in [0.717, 1.165) is 26.1 Å². The third-order valence-corrected chi connectivity index (χ3v) is 4.91. The van der Waals surface area contributed by atoms with Crippen LogP contribution in [0.3, 0.4) is 0 Å². The van der Waals surface area contributed by atoms with Gasteiger partial charge in [0.1, 0.15) is 5.69 Å². The van der Waals surface area contributed by atoms with Gasteiger partial charge in [0.25, 0.3) is 5.91 Å². The molecule has 7 heteroatoms. The van der Waals surface area contributed by atoms with Gasteiger partial charge in [-0.05, 0) is 24.1 Å². The number of carbonyl (C=O) groups excluding carboxylic acids is 2. The molecule has 3 rings (SSSR count). The highest BCUT2D eigenvalue weighted by Crippen LogP contribution is 2.15. The molecule has 0 saturated carbocycles. The number of primary amides is 1. The number of amides is 2. The molecule has 148 valence electrons. The number of hydrogen-bond donors (Lipinski definition) is 2. The molecule has 2 amide bonds. The van der Waals surface area contributed by atoms with Crippen LogP contribution >= 0.6 is 0 Å². The molecule has 0 aliphatic carbocycles. The number of aromatic nitrogens is 1. The number of pyridine rings is 1. The van der Waals surface area contributed by atoms with E-state index in [0.29, 0.717) is 6.61 Å². The van der Waals surface area contributed by atoms with Gasteiger partial charge >= 0.3 is 0 Å². The summed E-state index contributed by atoms with van der Waals surface area (Å²) in [6, 6.07) is 13.2. The molecule has 1 aliphatic rings. The summed E-state index contributed by atoms with van der Waals surface area (Å²) in [5, 5.41) is 3.02. The molecular formula is C21H26N4O3. The molecule has 1 aliphatic heterocycles. The minimum atomic E-state index is -0.569. The second-order valence-electron chi connectivity index (χ2n) is 6.91. The second-order valence-corrected chi connectivity index (χ2v) is 6.91. The molecule has 1 aromatic heterocycles. The first kappa shape index (κ1) is 20.0. The fourth-order valence-electron chi connectivity index (χ4n) is 3.33. The van der Waals surface area contributed by atoms with Crippen LogP contribution < -0.4 is 11.1 Å². The van der Waals surface area contributed by atoms with Crippen molar-refractivity contribution in [2.75, 3.05) is 19.7 Å². The molecule has 0 radical (unpaired) electrons. The van der Waals surface area contributed by atoms with Crippen molar-refractivity contribution in [2.45, 2.75) is 32.0 Å². The van der Waals surface area contributed by atoms with Gasteiger partial charge in [-0.2, -0.15) is 0 Å². The van der Waals surface area contributed by atoms with Crippen LogP contribution in [0, 0.1) is 0 Å². The first-order chi connectivity index (χ1) is 13.6. The Morgan fingerprint density at radius 2 is 2.07 bits per heavy atom. The van der Waals surface area contributed by atoms with Crippen LogP contribution in [-0.2, 0) is 11.3 Å². The van der Waals surface area contributed by atoms with E-state index in [1.807, 2.05) is 25.1 Å². The van der Waals surface area contributed by atoms with Crippen LogP contribution in [0.25, 0.3) is 0 Å². The minimum Gasteiger partial charge on any atom is -0.373 e. The number of morpholine rings is 1. The highest BCUT2D eigenvalue weighted by atomic mass is 16.5. The summed E-state index contributed by atoms with van der Waals surface area (Å²) in [4.78, 5) is 30.1. The molecule has 2 atom stereocenters. The smallest absolute Gasteiger partial charge is 0.270 e. The van der Waals surface area contributed by atoms with Crippen LogP contribution in [0.1, 0.15) is 39.8 Å². The fourth-order valence-corrected chi connectivity index (χ4v) is 3.33. The molecule has 0 spiro atoms. The molecule has 28 heavy (non-hydrogen) atoms. The number of nitrogens with one attached hydrogen (secondary N) is 1. The predicted octanol–water partition coefficient (Wildman–Crippen LogP) is 1.59. The standard InChI is InChI=1S/C21H26N4O3/c1-2-17(24-21(27)18-9-8-16(12-23-18)20(22)26)19-14-25(10-11-28-19)13-15-6-4-3-5-7-15/h3-9,12,17,19H,2,10-11,13-14H2,1H3,(H2,22,26)(H,24,27)/t17-,19-/m1/s1. The van der Waals surface area contributed by atoms with Crippen molar-refractivity contribution < 1.29 is 14.3 Å². The van der Waals surface area contributed by atoms with Gasteiger partial charge < -0.3 is 15.8 Å². The zero-order valence-electron chi connectivity index (χ0n) is 16.0. The lowest BCUT2D eigenvalue weighted by Gasteiger charge is -2.37. The lowest BCUT2D eigenvalue weighted by molar-refractivity contribution is -0.0483. The maximum absolute atomic E-state index is 12.6. The predicted molar refractivity (Wildman–Crippen MR) is 106 cm³/mol. The van der Waals surface area contributed by atoms with E-state index in [1.54, 1.807) is 0 Å². The SMILES string of the molecule is CC[C@@H](NC(=O)c1ccc(C(N)=O)cn1)[C@H]1CN(Cc2ccccc2)CCO1. The van der Waals surface area contributed by atoms with Crippen LogP contribution in [0.15, 0.2) is 48.7 Å². The van der Waals surface area contributed by atoms with Gasteiger partial charge in [-0.3, -0.25) is 19.5 Å².